The van der Waals surface area contributed by atoms with Gasteiger partial charge in [-0.3, -0.25) is 9.36 Å². The highest BCUT2D eigenvalue weighted by Gasteiger charge is 2.23. The van der Waals surface area contributed by atoms with Gasteiger partial charge in [-0.25, -0.2) is 41.9 Å². The van der Waals surface area contributed by atoms with E-state index in [4.69, 9.17) is 5.73 Å². The van der Waals surface area contributed by atoms with Gasteiger partial charge in [-0.2, -0.15) is 0 Å². The number of nitrogens with one attached hydrogen (secondary N) is 1. The number of hydrogen-bond donors (Lipinski definition) is 2. The number of pyridine rings is 1. The van der Waals surface area contributed by atoms with E-state index in [2.05, 4.69) is 37.1 Å². The lowest BCUT2D eigenvalue weighted by molar-refractivity contribution is 0.579. The zero-order valence-corrected chi connectivity index (χ0v) is 20.4. The number of anilines is 2. The van der Waals surface area contributed by atoms with Crippen molar-refractivity contribution in [3.8, 4) is 17.5 Å². The zero-order valence-electron chi connectivity index (χ0n) is 20.4. The van der Waals surface area contributed by atoms with E-state index in [0.717, 1.165) is 41.4 Å². The number of hydrogen-bond acceptors (Lipinski definition) is 7. The molecule has 0 spiro atoms. The van der Waals surface area contributed by atoms with E-state index in [1.165, 1.54) is 19.1 Å². The van der Waals surface area contributed by atoms with Gasteiger partial charge in [-0.15, -0.1) is 0 Å². The monoisotopic (exact) mass is 549 g/mol. The number of nitrogens with zero attached hydrogens (tertiary/aromatic N) is 5. The molecule has 0 amide bonds. The quantitative estimate of drug-likeness (QED) is 0.252. The molecule has 3 aromatic heterocycles. The Labute approximate surface area is 222 Å². The summed E-state index contributed by atoms with van der Waals surface area (Å²) in [5, 5.41) is 2.23. The van der Waals surface area contributed by atoms with Gasteiger partial charge < -0.3 is 11.1 Å². The van der Waals surface area contributed by atoms with Gasteiger partial charge in [-0.1, -0.05) is 5.92 Å². The first-order chi connectivity index (χ1) is 19.1. The molecule has 0 aliphatic rings. The molecule has 0 saturated heterocycles. The van der Waals surface area contributed by atoms with Gasteiger partial charge in [0.1, 0.15) is 75.0 Å². The molecular formula is C27H16F5N7O. The number of benzene rings is 2. The van der Waals surface area contributed by atoms with Crippen molar-refractivity contribution in [2.24, 2.45) is 0 Å². The van der Waals surface area contributed by atoms with Crippen LogP contribution in [0.2, 0.25) is 0 Å². The standard InChI is InChI=1S/C27H16F5N7O/c1-13(37-25-19(24(33)35-12-36-25)5-4-17-3-2-14(28)11-34-17)26-38-23-21(32)7-6-20(31)22(23)27(40)39(26)18-9-15(29)8-16(30)10-18/h2-3,6-13H,1H3,(H3,33,35,36,37). The number of aromatic nitrogens is 5. The molecule has 5 rings (SSSR count). The smallest absolute Gasteiger partial charge is 0.269 e. The zero-order chi connectivity index (χ0) is 28.6. The van der Waals surface area contributed by atoms with Gasteiger partial charge in [-0.05, 0) is 49.2 Å². The van der Waals surface area contributed by atoms with Crippen LogP contribution in [0.3, 0.4) is 0 Å². The van der Waals surface area contributed by atoms with E-state index in [9.17, 15) is 26.7 Å². The lowest BCUT2D eigenvalue weighted by atomic mass is 10.1. The van der Waals surface area contributed by atoms with Gasteiger partial charge in [0.2, 0.25) is 0 Å². The minimum Gasteiger partial charge on any atom is -0.382 e. The summed E-state index contributed by atoms with van der Waals surface area (Å²) in [6.45, 7) is 1.49. The molecule has 0 radical (unpaired) electrons. The fraction of sp³-hybridized carbons (Fsp3) is 0.0741. The summed E-state index contributed by atoms with van der Waals surface area (Å²) in [4.78, 5) is 29.5. The van der Waals surface area contributed by atoms with E-state index in [1.807, 2.05) is 0 Å². The molecule has 0 aliphatic heterocycles. The average molecular weight is 549 g/mol. The predicted octanol–water partition coefficient (Wildman–Crippen LogP) is 4.42. The van der Waals surface area contributed by atoms with Gasteiger partial charge in [0.15, 0.2) is 0 Å². The van der Waals surface area contributed by atoms with E-state index in [-0.39, 0.29) is 34.4 Å². The molecule has 0 aliphatic carbocycles. The van der Waals surface area contributed by atoms with E-state index in [1.54, 1.807) is 0 Å². The Morgan fingerprint density at radius 1 is 0.900 bits per heavy atom. The maximum absolute atomic E-state index is 14.7. The lowest BCUT2D eigenvalue weighted by Crippen LogP contribution is -2.28. The number of rotatable bonds is 4. The highest BCUT2D eigenvalue weighted by atomic mass is 19.1. The first-order valence-corrected chi connectivity index (χ1v) is 11.5. The normalized spacial score (nSPS) is 11.7. The lowest BCUT2D eigenvalue weighted by Gasteiger charge is -2.21. The molecular weight excluding hydrogens is 533 g/mol. The molecule has 3 N–H and O–H groups in total. The van der Waals surface area contributed by atoms with Crippen LogP contribution >= 0.6 is 0 Å². The molecule has 0 bridgehead atoms. The van der Waals surface area contributed by atoms with Crippen molar-refractivity contribution >= 4 is 22.5 Å². The molecule has 8 nitrogen and oxygen atoms in total. The van der Waals surface area contributed by atoms with Crippen molar-refractivity contribution < 1.29 is 22.0 Å². The van der Waals surface area contributed by atoms with Crippen LogP contribution in [-0.4, -0.2) is 24.5 Å². The Balaban J connectivity index is 1.66. The number of nitrogens with two attached hydrogens (primary N) is 1. The van der Waals surface area contributed by atoms with Crippen molar-refractivity contribution in [1.29, 1.82) is 0 Å². The van der Waals surface area contributed by atoms with E-state index in [0.29, 0.717) is 6.07 Å². The molecule has 0 saturated carbocycles. The molecule has 1 unspecified atom stereocenters. The van der Waals surface area contributed by atoms with Gasteiger partial charge in [0, 0.05) is 6.07 Å². The molecule has 0 fully saturated rings. The van der Waals surface area contributed by atoms with Crippen molar-refractivity contribution in [2.45, 2.75) is 13.0 Å². The van der Waals surface area contributed by atoms with Crippen LogP contribution in [0, 0.1) is 40.9 Å². The Bertz CT molecular complexity index is 1880. The summed E-state index contributed by atoms with van der Waals surface area (Å²) in [5.41, 5.74) is 4.33. The Kier molecular flexibility index (Phi) is 6.83. The molecule has 5 aromatic rings. The second-order valence-corrected chi connectivity index (χ2v) is 8.45. The fourth-order valence-corrected chi connectivity index (χ4v) is 3.92. The van der Waals surface area contributed by atoms with Crippen LogP contribution in [0.1, 0.15) is 30.0 Å². The Morgan fingerprint density at radius 3 is 2.33 bits per heavy atom. The van der Waals surface area contributed by atoms with Crippen molar-refractivity contribution in [3.63, 3.8) is 0 Å². The van der Waals surface area contributed by atoms with Crippen molar-refractivity contribution in [3.05, 3.63) is 112 Å². The maximum atomic E-state index is 14.7. The molecule has 13 heteroatoms. The molecule has 3 heterocycles. The van der Waals surface area contributed by atoms with Crippen LogP contribution in [0.25, 0.3) is 16.6 Å². The Hall–Kier alpha value is -5.38. The number of fused-ring (bicyclic) bond motifs is 1. The fourth-order valence-electron chi connectivity index (χ4n) is 3.92. The van der Waals surface area contributed by atoms with Crippen molar-refractivity contribution in [1.82, 2.24) is 24.5 Å². The van der Waals surface area contributed by atoms with Gasteiger partial charge >= 0.3 is 0 Å². The van der Waals surface area contributed by atoms with Crippen LogP contribution in [0.15, 0.2) is 59.8 Å². The number of nitrogen functional groups attached to an aromatic ring is 1. The van der Waals surface area contributed by atoms with Crippen LogP contribution < -0.4 is 16.6 Å². The minimum atomic E-state index is -1.10. The second-order valence-electron chi connectivity index (χ2n) is 8.45. The molecule has 1 atom stereocenters. The molecule has 40 heavy (non-hydrogen) atoms. The largest absolute Gasteiger partial charge is 0.382 e. The third-order valence-electron chi connectivity index (χ3n) is 5.72. The topological polar surface area (TPSA) is 112 Å². The molecule has 200 valence electrons. The first kappa shape index (κ1) is 26.2. The van der Waals surface area contributed by atoms with Gasteiger partial charge in [0.05, 0.1) is 17.9 Å². The van der Waals surface area contributed by atoms with E-state index < -0.39 is 51.6 Å². The summed E-state index contributed by atoms with van der Waals surface area (Å²) in [5.74, 6) is 0.620. The number of halogens is 5. The van der Waals surface area contributed by atoms with Crippen LogP contribution in [-0.2, 0) is 0 Å². The van der Waals surface area contributed by atoms with E-state index >= 15 is 0 Å². The highest BCUT2D eigenvalue weighted by molar-refractivity contribution is 5.79. The first-order valence-electron chi connectivity index (χ1n) is 11.5. The summed E-state index contributed by atoms with van der Waals surface area (Å²) in [7, 11) is 0. The highest BCUT2D eigenvalue weighted by Crippen LogP contribution is 2.26. The minimum absolute atomic E-state index is 0.0384. The summed E-state index contributed by atoms with van der Waals surface area (Å²) in [6.07, 6.45) is 2.11. The average Bonchev–Trinajstić information content (AvgIpc) is 2.90. The van der Waals surface area contributed by atoms with Gasteiger partial charge in [0.25, 0.3) is 5.56 Å². The summed E-state index contributed by atoms with van der Waals surface area (Å²) in [6, 6.07) is 5.34. The van der Waals surface area contributed by atoms with Crippen molar-refractivity contribution in [2.75, 3.05) is 11.1 Å². The summed E-state index contributed by atoms with van der Waals surface area (Å²) < 4.78 is 71.5. The SMILES string of the molecule is CC(Nc1ncnc(N)c1C#Cc1ccc(F)cn1)c1nc2c(F)ccc(F)c2c(=O)n1-c1cc(F)cc(F)c1. The summed E-state index contributed by atoms with van der Waals surface area (Å²) >= 11 is 0. The predicted molar refractivity (Wildman–Crippen MR) is 136 cm³/mol. The maximum Gasteiger partial charge on any atom is 0.269 e. The third kappa shape index (κ3) is 5.02. The third-order valence-corrected chi connectivity index (χ3v) is 5.72. The van der Waals surface area contributed by atoms with Crippen LogP contribution in [0.4, 0.5) is 33.6 Å². The molecule has 2 aromatic carbocycles. The Morgan fingerprint density at radius 2 is 1.62 bits per heavy atom. The van der Waals surface area contributed by atoms with Crippen LogP contribution in [0.5, 0.6) is 0 Å². The second kappa shape index (κ2) is 10.4.